The normalized spacial score (nSPS) is 16.2. The van der Waals surface area contributed by atoms with Gasteiger partial charge in [0.15, 0.2) is 11.6 Å². The summed E-state index contributed by atoms with van der Waals surface area (Å²) in [6.45, 7) is 0.573. The highest BCUT2D eigenvalue weighted by Gasteiger charge is 2.24. The van der Waals surface area contributed by atoms with Crippen LogP contribution < -0.4 is 4.90 Å². The fourth-order valence-electron chi connectivity index (χ4n) is 1.66. The van der Waals surface area contributed by atoms with Gasteiger partial charge in [0.25, 0.3) is 0 Å². The van der Waals surface area contributed by atoms with Gasteiger partial charge in [-0.2, -0.15) is 0 Å². The first-order valence-electron chi connectivity index (χ1n) is 4.49. The van der Waals surface area contributed by atoms with E-state index in [1.165, 1.54) is 4.90 Å². The summed E-state index contributed by atoms with van der Waals surface area (Å²) in [6.07, 6.45) is 0.382. The van der Waals surface area contributed by atoms with Crippen LogP contribution in [0.3, 0.4) is 0 Å². The van der Waals surface area contributed by atoms with Crippen molar-refractivity contribution in [2.45, 2.75) is 6.42 Å². The number of hydrogen-bond acceptors (Lipinski definition) is 2. The Morgan fingerprint density at radius 1 is 1.33 bits per heavy atom. The van der Waals surface area contributed by atoms with Crippen molar-refractivity contribution < 1.29 is 13.6 Å². The highest BCUT2D eigenvalue weighted by molar-refractivity contribution is 6.33. The van der Waals surface area contributed by atoms with Crippen molar-refractivity contribution in [1.82, 2.24) is 0 Å². The Bertz CT molecular complexity index is 399. The van der Waals surface area contributed by atoms with E-state index in [-0.39, 0.29) is 23.0 Å². The molecule has 1 aliphatic heterocycles. The Morgan fingerprint density at radius 2 is 2.07 bits per heavy atom. The fraction of sp³-hybridized carbons (Fsp3) is 0.300. The van der Waals surface area contributed by atoms with Gasteiger partial charge in [0.2, 0.25) is 0 Å². The molecule has 0 amide bonds. The van der Waals surface area contributed by atoms with E-state index in [9.17, 15) is 13.6 Å². The van der Waals surface area contributed by atoms with Crippen LogP contribution in [-0.4, -0.2) is 18.9 Å². The van der Waals surface area contributed by atoms with Crippen LogP contribution in [-0.2, 0) is 4.79 Å². The Hall–Kier alpha value is -1.16. The maximum atomic E-state index is 13.4. The van der Waals surface area contributed by atoms with Gasteiger partial charge in [-0.05, 0) is 6.07 Å². The molecule has 1 aromatic rings. The molecule has 0 N–H and O–H groups in total. The van der Waals surface area contributed by atoms with Crippen molar-refractivity contribution >= 4 is 23.1 Å². The van der Waals surface area contributed by atoms with Gasteiger partial charge in [0.1, 0.15) is 5.82 Å². The molecule has 0 unspecified atom stereocenters. The summed E-state index contributed by atoms with van der Waals surface area (Å²) in [7, 11) is 0. The first-order valence-corrected chi connectivity index (χ1v) is 4.87. The quantitative estimate of drug-likeness (QED) is 0.740. The number of halogens is 3. The second kappa shape index (κ2) is 3.77. The van der Waals surface area contributed by atoms with Gasteiger partial charge in [-0.15, -0.1) is 0 Å². The number of carbonyl (C=O) groups is 1. The van der Waals surface area contributed by atoms with Gasteiger partial charge < -0.3 is 4.90 Å². The third-order valence-electron chi connectivity index (χ3n) is 2.33. The molecule has 0 spiro atoms. The summed E-state index contributed by atoms with van der Waals surface area (Å²) in [5.74, 6) is -1.41. The zero-order valence-corrected chi connectivity index (χ0v) is 8.52. The molecule has 5 heteroatoms. The summed E-state index contributed by atoms with van der Waals surface area (Å²) in [5, 5.41) is 0.00204. The van der Waals surface area contributed by atoms with Crippen molar-refractivity contribution in [2.75, 3.05) is 18.0 Å². The molecular formula is C10H8ClF2NO. The molecule has 0 aromatic heterocycles. The van der Waals surface area contributed by atoms with Crippen LogP contribution in [0.2, 0.25) is 5.02 Å². The lowest BCUT2D eigenvalue weighted by Crippen LogP contribution is -2.21. The lowest BCUT2D eigenvalue weighted by atomic mass is 10.2. The largest absolute Gasteiger partial charge is 0.360 e. The molecule has 15 heavy (non-hydrogen) atoms. The number of carbonyl (C=O) groups excluding carboxylic acids is 1. The van der Waals surface area contributed by atoms with Crippen molar-refractivity contribution in [3.8, 4) is 0 Å². The number of ketones is 1. The zero-order chi connectivity index (χ0) is 11.0. The number of benzene rings is 1. The van der Waals surface area contributed by atoms with Gasteiger partial charge in [-0.3, -0.25) is 4.79 Å². The minimum absolute atomic E-state index is 0.00204. The summed E-state index contributed by atoms with van der Waals surface area (Å²) < 4.78 is 26.2. The molecule has 0 aliphatic carbocycles. The van der Waals surface area contributed by atoms with E-state index in [4.69, 9.17) is 11.6 Å². The van der Waals surface area contributed by atoms with Crippen LogP contribution in [0.15, 0.2) is 12.1 Å². The van der Waals surface area contributed by atoms with Gasteiger partial charge in [0.05, 0.1) is 17.3 Å². The molecule has 0 radical (unpaired) electrons. The lowest BCUT2D eigenvalue weighted by Gasteiger charge is -2.18. The SMILES string of the molecule is O=C1CCN(c2c(F)cc(F)cc2Cl)C1. The van der Waals surface area contributed by atoms with E-state index in [0.29, 0.717) is 13.0 Å². The number of rotatable bonds is 1. The standard InChI is InChI=1S/C10H8ClF2NO/c11-8-3-6(12)4-9(13)10(8)14-2-1-7(15)5-14/h3-4H,1-2,5H2. The summed E-state index contributed by atoms with van der Waals surface area (Å²) in [5.41, 5.74) is 0.115. The Labute approximate surface area is 90.4 Å². The third kappa shape index (κ3) is 1.95. The molecule has 1 heterocycles. The molecule has 80 valence electrons. The van der Waals surface area contributed by atoms with Crippen molar-refractivity contribution in [1.29, 1.82) is 0 Å². The highest BCUT2D eigenvalue weighted by Crippen LogP contribution is 2.31. The Morgan fingerprint density at radius 3 is 2.60 bits per heavy atom. The molecule has 1 fully saturated rings. The van der Waals surface area contributed by atoms with Crippen molar-refractivity contribution in [2.24, 2.45) is 0 Å². The maximum absolute atomic E-state index is 13.4. The second-order valence-electron chi connectivity index (χ2n) is 3.43. The molecule has 0 saturated carbocycles. The van der Waals surface area contributed by atoms with Crippen LogP contribution in [0.5, 0.6) is 0 Å². The van der Waals surface area contributed by atoms with Gasteiger partial charge >= 0.3 is 0 Å². The van der Waals surface area contributed by atoms with Crippen LogP contribution in [0.1, 0.15) is 6.42 Å². The maximum Gasteiger partial charge on any atom is 0.153 e. The summed E-state index contributed by atoms with van der Waals surface area (Å²) in [6, 6.07) is 1.81. The Kier molecular flexibility index (Phi) is 2.61. The zero-order valence-electron chi connectivity index (χ0n) is 7.77. The topological polar surface area (TPSA) is 20.3 Å². The third-order valence-corrected chi connectivity index (χ3v) is 2.61. The number of nitrogens with zero attached hydrogens (tertiary/aromatic N) is 1. The number of Topliss-reactive ketones (excluding diaryl/α,β-unsaturated/α-hetero) is 1. The van der Waals surface area contributed by atoms with E-state index in [1.807, 2.05) is 0 Å². The Balaban J connectivity index is 2.39. The number of hydrogen-bond donors (Lipinski definition) is 0. The second-order valence-corrected chi connectivity index (χ2v) is 3.84. The van der Waals surface area contributed by atoms with Gasteiger partial charge in [-0.25, -0.2) is 8.78 Å². The van der Waals surface area contributed by atoms with Crippen LogP contribution in [0.4, 0.5) is 14.5 Å². The van der Waals surface area contributed by atoms with Crippen LogP contribution in [0, 0.1) is 11.6 Å². The minimum atomic E-state index is -0.727. The van der Waals surface area contributed by atoms with E-state index in [2.05, 4.69) is 0 Å². The van der Waals surface area contributed by atoms with Crippen LogP contribution >= 0.6 is 11.6 Å². The molecule has 2 nitrogen and oxygen atoms in total. The van der Waals surface area contributed by atoms with Gasteiger partial charge in [-0.1, -0.05) is 11.6 Å². The minimum Gasteiger partial charge on any atom is -0.360 e. The van der Waals surface area contributed by atoms with Gasteiger partial charge in [0, 0.05) is 19.0 Å². The summed E-state index contributed by atoms with van der Waals surface area (Å²) in [4.78, 5) is 12.6. The predicted molar refractivity (Wildman–Crippen MR) is 53.2 cm³/mol. The monoisotopic (exact) mass is 231 g/mol. The fourth-order valence-corrected chi connectivity index (χ4v) is 1.97. The molecule has 2 rings (SSSR count). The van der Waals surface area contributed by atoms with Crippen LogP contribution in [0.25, 0.3) is 0 Å². The first kappa shape index (κ1) is 10.4. The predicted octanol–water partition coefficient (Wildman–Crippen LogP) is 2.40. The van der Waals surface area contributed by atoms with E-state index >= 15 is 0 Å². The first-order chi connectivity index (χ1) is 7.08. The van der Waals surface area contributed by atoms with Crippen molar-refractivity contribution in [3.05, 3.63) is 28.8 Å². The van der Waals surface area contributed by atoms with E-state index in [1.54, 1.807) is 0 Å². The smallest absolute Gasteiger partial charge is 0.153 e. The highest BCUT2D eigenvalue weighted by atomic mass is 35.5. The average Bonchev–Trinajstić information content (AvgIpc) is 2.49. The lowest BCUT2D eigenvalue weighted by molar-refractivity contribution is -0.116. The molecule has 0 bridgehead atoms. The average molecular weight is 232 g/mol. The summed E-state index contributed by atoms with van der Waals surface area (Å²) >= 11 is 5.73. The van der Waals surface area contributed by atoms with E-state index in [0.717, 1.165) is 12.1 Å². The van der Waals surface area contributed by atoms with Crippen molar-refractivity contribution in [3.63, 3.8) is 0 Å². The molecule has 1 aliphatic rings. The molecule has 1 saturated heterocycles. The molecule has 1 aromatic carbocycles. The van der Waals surface area contributed by atoms with E-state index < -0.39 is 11.6 Å². The number of anilines is 1. The molecule has 0 atom stereocenters. The molecular weight excluding hydrogens is 224 g/mol.